The van der Waals surface area contributed by atoms with E-state index in [2.05, 4.69) is 54.3 Å². The highest BCUT2D eigenvalue weighted by Crippen LogP contribution is 2.24. The summed E-state index contributed by atoms with van der Waals surface area (Å²) >= 11 is 0. The van der Waals surface area contributed by atoms with E-state index in [-0.39, 0.29) is 6.04 Å². The number of aromatic nitrogens is 2. The molecule has 0 saturated heterocycles. The molecule has 1 aromatic carbocycles. The molecule has 2 aromatic rings. The first-order valence-corrected chi connectivity index (χ1v) is 6.29. The number of hydrogen-bond acceptors (Lipinski definition) is 3. The van der Waals surface area contributed by atoms with Crippen molar-refractivity contribution in [1.29, 1.82) is 0 Å². The Balaban J connectivity index is 2.45. The van der Waals surface area contributed by atoms with Crippen LogP contribution < -0.4 is 5.32 Å². The highest BCUT2D eigenvalue weighted by molar-refractivity contribution is 5.38. The van der Waals surface area contributed by atoms with Crippen molar-refractivity contribution in [1.82, 2.24) is 15.3 Å². The third kappa shape index (κ3) is 2.57. The number of rotatable bonds is 4. The second kappa shape index (κ2) is 5.74. The van der Waals surface area contributed by atoms with Crippen LogP contribution in [0.25, 0.3) is 0 Å². The lowest BCUT2D eigenvalue weighted by Crippen LogP contribution is -2.24. The van der Waals surface area contributed by atoms with Crippen molar-refractivity contribution < 1.29 is 0 Å². The maximum absolute atomic E-state index is 4.37. The summed E-state index contributed by atoms with van der Waals surface area (Å²) in [6.07, 6.45) is 3.39. The van der Waals surface area contributed by atoms with Crippen molar-refractivity contribution >= 4 is 0 Å². The van der Waals surface area contributed by atoms with Crippen molar-refractivity contribution in [2.45, 2.75) is 26.8 Å². The van der Waals surface area contributed by atoms with Gasteiger partial charge in [-0.3, -0.25) is 0 Å². The fraction of sp³-hybridized carbons (Fsp3) is 0.333. The summed E-state index contributed by atoms with van der Waals surface area (Å²) in [6, 6.07) is 8.51. The van der Waals surface area contributed by atoms with Crippen molar-refractivity contribution in [3.8, 4) is 0 Å². The van der Waals surface area contributed by atoms with Gasteiger partial charge in [0.1, 0.15) is 6.33 Å². The van der Waals surface area contributed by atoms with Crippen molar-refractivity contribution in [3.63, 3.8) is 0 Å². The van der Waals surface area contributed by atoms with E-state index in [1.54, 1.807) is 12.5 Å². The molecule has 1 atom stereocenters. The van der Waals surface area contributed by atoms with Crippen LogP contribution in [0.3, 0.4) is 0 Å². The second-order valence-electron chi connectivity index (χ2n) is 4.41. The molecule has 94 valence electrons. The number of hydrogen-bond donors (Lipinski definition) is 1. The van der Waals surface area contributed by atoms with E-state index >= 15 is 0 Å². The lowest BCUT2D eigenvalue weighted by atomic mass is 9.95. The lowest BCUT2D eigenvalue weighted by Gasteiger charge is -2.20. The van der Waals surface area contributed by atoms with E-state index in [4.69, 9.17) is 0 Å². The standard InChI is InChI=1S/C15H19N3/c1-4-17-15(14-8-9-16-10-18-14)13-7-5-6-11(2)12(13)3/h5-10,15,17H,4H2,1-3H3. The topological polar surface area (TPSA) is 37.8 Å². The molecule has 3 nitrogen and oxygen atoms in total. The van der Waals surface area contributed by atoms with Crippen molar-refractivity contribution in [3.05, 3.63) is 59.2 Å². The van der Waals surface area contributed by atoms with Crippen molar-refractivity contribution in [2.24, 2.45) is 0 Å². The molecule has 2 rings (SSSR count). The molecule has 1 aromatic heterocycles. The average molecular weight is 241 g/mol. The van der Waals surface area contributed by atoms with Crippen molar-refractivity contribution in [2.75, 3.05) is 6.54 Å². The van der Waals surface area contributed by atoms with Gasteiger partial charge in [0.05, 0.1) is 11.7 Å². The number of nitrogens with zero attached hydrogens (tertiary/aromatic N) is 2. The van der Waals surface area contributed by atoms with Gasteiger partial charge in [-0.05, 0) is 43.1 Å². The van der Waals surface area contributed by atoms with E-state index in [9.17, 15) is 0 Å². The average Bonchev–Trinajstić information content (AvgIpc) is 2.41. The molecule has 0 spiro atoms. The fourth-order valence-corrected chi connectivity index (χ4v) is 2.14. The molecule has 1 unspecified atom stereocenters. The van der Waals surface area contributed by atoms with Crippen LogP contribution in [-0.4, -0.2) is 16.5 Å². The van der Waals surface area contributed by atoms with Gasteiger partial charge < -0.3 is 5.32 Å². The monoisotopic (exact) mass is 241 g/mol. The van der Waals surface area contributed by atoms with Crippen LogP contribution in [-0.2, 0) is 0 Å². The Labute approximate surface area is 108 Å². The minimum absolute atomic E-state index is 0.137. The molecule has 0 aliphatic rings. The Hall–Kier alpha value is -1.74. The summed E-state index contributed by atoms with van der Waals surface area (Å²) in [5, 5.41) is 3.49. The molecule has 1 heterocycles. The van der Waals surface area contributed by atoms with E-state index in [0.29, 0.717) is 0 Å². The minimum Gasteiger partial charge on any atom is -0.305 e. The van der Waals surface area contributed by atoms with Gasteiger partial charge in [-0.2, -0.15) is 0 Å². The van der Waals surface area contributed by atoms with Crippen LogP contribution in [0.5, 0.6) is 0 Å². The zero-order valence-corrected chi connectivity index (χ0v) is 11.1. The lowest BCUT2D eigenvalue weighted by molar-refractivity contribution is 0.610. The highest BCUT2D eigenvalue weighted by Gasteiger charge is 2.16. The van der Waals surface area contributed by atoms with Gasteiger partial charge in [-0.1, -0.05) is 25.1 Å². The predicted octanol–water partition coefficient (Wildman–Crippen LogP) is 2.79. The van der Waals surface area contributed by atoms with Gasteiger partial charge in [0.2, 0.25) is 0 Å². The van der Waals surface area contributed by atoms with Crippen LogP contribution in [0.2, 0.25) is 0 Å². The third-order valence-electron chi connectivity index (χ3n) is 3.27. The first-order chi connectivity index (χ1) is 8.74. The maximum Gasteiger partial charge on any atom is 0.115 e. The maximum atomic E-state index is 4.37. The van der Waals surface area contributed by atoms with Gasteiger partial charge in [0.25, 0.3) is 0 Å². The quantitative estimate of drug-likeness (QED) is 0.894. The summed E-state index contributed by atoms with van der Waals surface area (Å²) in [7, 11) is 0. The number of aryl methyl sites for hydroxylation is 1. The molecular weight excluding hydrogens is 222 g/mol. The van der Waals surface area contributed by atoms with Crippen LogP contribution in [0.1, 0.15) is 35.3 Å². The number of benzene rings is 1. The summed E-state index contributed by atoms with van der Waals surface area (Å²) in [6.45, 7) is 7.32. The second-order valence-corrected chi connectivity index (χ2v) is 4.41. The Morgan fingerprint density at radius 1 is 1.22 bits per heavy atom. The summed E-state index contributed by atoms with van der Waals surface area (Å²) < 4.78 is 0. The Bertz CT molecular complexity index is 508. The van der Waals surface area contributed by atoms with E-state index in [0.717, 1.165) is 12.2 Å². The highest BCUT2D eigenvalue weighted by atomic mass is 14.9. The molecular formula is C15H19N3. The van der Waals surface area contributed by atoms with E-state index < -0.39 is 0 Å². The van der Waals surface area contributed by atoms with Crippen LogP contribution in [0, 0.1) is 13.8 Å². The molecule has 0 radical (unpaired) electrons. The van der Waals surface area contributed by atoms with Gasteiger partial charge in [-0.25, -0.2) is 9.97 Å². The van der Waals surface area contributed by atoms with Gasteiger partial charge >= 0.3 is 0 Å². The number of nitrogens with one attached hydrogen (secondary N) is 1. The fourth-order valence-electron chi connectivity index (χ4n) is 2.14. The Morgan fingerprint density at radius 3 is 2.72 bits per heavy atom. The smallest absolute Gasteiger partial charge is 0.115 e. The summed E-state index contributed by atoms with van der Waals surface area (Å²) in [5.74, 6) is 0. The zero-order valence-electron chi connectivity index (χ0n) is 11.1. The summed E-state index contributed by atoms with van der Waals surface area (Å²) in [4.78, 5) is 8.35. The normalized spacial score (nSPS) is 12.4. The predicted molar refractivity (Wildman–Crippen MR) is 73.5 cm³/mol. The van der Waals surface area contributed by atoms with Gasteiger partial charge in [-0.15, -0.1) is 0 Å². The molecule has 18 heavy (non-hydrogen) atoms. The molecule has 1 N–H and O–H groups in total. The van der Waals surface area contributed by atoms with Crippen LogP contribution in [0.15, 0.2) is 36.8 Å². The summed E-state index contributed by atoms with van der Waals surface area (Å²) in [5.41, 5.74) is 4.93. The Kier molecular flexibility index (Phi) is 4.05. The molecule has 3 heteroatoms. The molecule has 0 bridgehead atoms. The van der Waals surface area contributed by atoms with Crippen LogP contribution >= 0.6 is 0 Å². The largest absolute Gasteiger partial charge is 0.305 e. The molecule has 0 fully saturated rings. The first-order valence-electron chi connectivity index (χ1n) is 6.29. The Morgan fingerprint density at radius 2 is 2.06 bits per heavy atom. The molecule has 0 amide bonds. The third-order valence-corrected chi connectivity index (χ3v) is 3.27. The first kappa shape index (κ1) is 12.7. The minimum atomic E-state index is 0.137. The molecule has 0 saturated carbocycles. The zero-order chi connectivity index (χ0) is 13.0. The molecule has 0 aliphatic carbocycles. The SMILES string of the molecule is CCNC(c1ccncn1)c1cccc(C)c1C. The van der Waals surface area contributed by atoms with E-state index in [1.807, 2.05) is 6.07 Å². The van der Waals surface area contributed by atoms with Gasteiger partial charge in [0, 0.05) is 6.20 Å². The molecule has 0 aliphatic heterocycles. The van der Waals surface area contributed by atoms with E-state index in [1.165, 1.54) is 16.7 Å². The van der Waals surface area contributed by atoms with Crippen LogP contribution in [0.4, 0.5) is 0 Å². The van der Waals surface area contributed by atoms with Gasteiger partial charge in [0.15, 0.2) is 0 Å².